The van der Waals surface area contributed by atoms with Crippen LogP contribution in [0.25, 0.3) is 0 Å². The van der Waals surface area contributed by atoms with E-state index in [1.807, 2.05) is 31.2 Å². The van der Waals surface area contributed by atoms with E-state index in [0.717, 1.165) is 36.8 Å². The van der Waals surface area contributed by atoms with Crippen molar-refractivity contribution in [1.82, 2.24) is 5.32 Å². The molecule has 1 saturated heterocycles. The van der Waals surface area contributed by atoms with E-state index >= 15 is 0 Å². The molecule has 114 valence electrons. The zero-order valence-electron chi connectivity index (χ0n) is 13.2. The first-order valence-electron chi connectivity index (χ1n) is 7.87. The molecule has 2 atom stereocenters. The number of hydrogen-bond donors (Lipinski definition) is 1. The maximum absolute atomic E-state index is 12.5. The van der Waals surface area contributed by atoms with Crippen molar-refractivity contribution in [3.8, 4) is 0 Å². The molecule has 0 saturated carbocycles. The standard InChI is InChI=1S/C18H25NO2/c1-4-5-8-11-18(3)12-15(20)19-17(21)16(18)14-10-7-6-9-13(14)2/h6-7,9-10,16H,4-5,8,11-12H2,1-3H3,(H,19,20,21). The molecule has 3 heteroatoms. The van der Waals surface area contributed by atoms with Crippen LogP contribution in [0.4, 0.5) is 0 Å². The molecule has 2 amide bonds. The van der Waals surface area contributed by atoms with Gasteiger partial charge in [-0.25, -0.2) is 0 Å². The van der Waals surface area contributed by atoms with Crippen molar-refractivity contribution in [3.63, 3.8) is 0 Å². The van der Waals surface area contributed by atoms with Gasteiger partial charge in [0, 0.05) is 6.42 Å². The minimum atomic E-state index is -0.277. The summed E-state index contributed by atoms with van der Waals surface area (Å²) in [6.07, 6.45) is 4.70. The predicted octanol–water partition coefficient (Wildman–Crippen LogP) is 3.71. The van der Waals surface area contributed by atoms with Crippen molar-refractivity contribution in [3.05, 3.63) is 35.4 Å². The maximum Gasteiger partial charge on any atom is 0.234 e. The van der Waals surface area contributed by atoms with Crippen LogP contribution in [0.2, 0.25) is 0 Å². The summed E-state index contributed by atoms with van der Waals surface area (Å²) in [5, 5.41) is 2.52. The van der Waals surface area contributed by atoms with Gasteiger partial charge in [0.2, 0.25) is 11.8 Å². The van der Waals surface area contributed by atoms with Gasteiger partial charge in [0.05, 0.1) is 5.92 Å². The fraction of sp³-hybridized carbons (Fsp3) is 0.556. The number of benzene rings is 1. The Morgan fingerprint density at radius 3 is 2.62 bits per heavy atom. The first-order chi connectivity index (χ1) is 9.98. The van der Waals surface area contributed by atoms with Crippen molar-refractivity contribution in [2.45, 2.75) is 58.8 Å². The Morgan fingerprint density at radius 1 is 1.24 bits per heavy atom. The summed E-state index contributed by atoms with van der Waals surface area (Å²) in [4.78, 5) is 24.3. The van der Waals surface area contributed by atoms with Gasteiger partial charge in [-0.1, -0.05) is 57.4 Å². The minimum absolute atomic E-state index is 0.135. The highest BCUT2D eigenvalue weighted by Crippen LogP contribution is 2.46. The Bertz CT molecular complexity index is 538. The van der Waals surface area contributed by atoms with E-state index in [9.17, 15) is 9.59 Å². The maximum atomic E-state index is 12.5. The number of aryl methyl sites for hydroxylation is 1. The molecule has 21 heavy (non-hydrogen) atoms. The van der Waals surface area contributed by atoms with Gasteiger partial charge in [0.1, 0.15) is 0 Å². The van der Waals surface area contributed by atoms with E-state index in [1.165, 1.54) is 0 Å². The van der Waals surface area contributed by atoms with Crippen molar-refractivity contribution in [1.29, 1.82) is 0 Å². The van der Waals surface area contributed by atoms with E-state index in [4.69, 9.17) is 0 Å². The molecule has 1 aromatic rings. The Kier molecular flexibility index (Phi) is 4.81. The zero-order chi connectivity index (χ0) is 15.5. The van der Waals surface area contributed by atoms with Crippen LogP contribution in [0.1, 0.15) is 63.0 Å². The molecule has 1 aliphatic heterocycles. The third-order valence-corrected chi connectivity index (χ3v) is 4.64. The smallest absolute Gasteiger partial charge is 0.234 e. The molecule has 2 unspecified atom stereocenters. The summed E-state index contributed by atoms with van der Waals surface area (Å²) in [5.74, 6) is -0.503. The topological polar surface area (TPSA) is 46.2 Å². The van der Waals surface area contributed by atoms with Crippen LogP contribution in [0, 0.1) is 12.3 Å². The minimum Gasteiger partial charge on any atom is -0.296 e. The summed E-state index contributed by atoms with van der Waals surface area (Å²) in [7, 11) is 0. The van der Waals surface area contributed by atoms with E-state index in [-0.39, 0.29) is 23.1 Å². The first kappa shape index (κ1) is 15.7. The van der Waals surface area contributed by atoms with Crippen LogP contribution < -0.4 is 5.32 Å². The lowest BCUT2D eigenvalue weighted by Crippen LogP contribution is -2.49. The van der Waals surface area contributed by atoms with Crippen LogP contribution >= 0.6 is 0 Å². The molecular weight excluding hydrogens is 262 g/mol. The molecule has 3 nitrogen and oxygen atoms in total. The van der Waals surface area contributed by atoms with Crippen LogP contribution in [-0.4, -0.2) is 11.8 Å². The first-order valence-corrected chi connectivity index (χ1v) is 7.87. The lowest BCUT2D eigenvalue weighted by Gasteiger charge is -2.40. The molecule has 1 fully saturated rings. The van der Waals surface area contributed by atoms with Gasteiger partial charge in [-0.2, -0.15) is 0 Å². The Hall–Kier alpha value is -1.64. The second kappa shape index (κ2) is 6.42. The van der Waals surface area contributed by atoms with Crippen molar-refractivity contribution in [2.24, 2.45) is 5.41 Å². The van der Waals surface area contributed by atoms with Gasteiger partial charge in [-0.3, -0.25) is 14.9 Å². The summed E-state index contributed by atoms with van der Waals surface area (Å²) < 4.78 is 0. The monoisotopic (exact) mass is 287 g/mol. The fourth-order valence-electron chi connectivity index (χ4n) is 3.48. The largest absolute Gasteiger partial charge is 0.296 e. The highest BCUT2D eigenvalue weighted by molar-refractivity contribution is 6.02. The predicted molar refractivity (Wildman–Crippen MR) is 83.9 cm³/mol. The molecule has 0 radical (unpaired) electrons. The number of hydrogen-bond acceptors (Lipinski definition) is 2. The molecule has 0 aromatic heterocycles. The van der Waals surface area contributed by atoms with Gasteiger partial charge in [-0.15, -0.1) is 0 Å². The number of rotatable bonds is 5. The lowest BCUT2D eigenvalue weighted by molar-refractivity contribution is -0.139. The molecule has 1 N–H and O–H groups in total. The summed E-state index contributed by atoms with van der Waals surface area (Å²) in [6.45, 7) is 6.29. The Balaban J connectivity index is 2.35. The summed E-state index contributed by atoms with van der Waals surface area (Å²) in [5.41, 5.74) is 1.90. The number of imide groups is 1. The van der Waals surface area contributed by atoms with Gasteiger partial charge >= 0.3 is 0 Å². The lowest BCUT2D eigenvalue weighted by atomic mass is 9.65. The number of unbranched alkanes of at least 4 members (excludes halogenated alkanes) is 2. The average Bonchev–Trinajstić information content (AvgIpc) is 2.40. The Labute approximate surface area is 127 Å². The van der Waals surface area contributed by atoms with Gasteiger partial charge in [-0.05, 0) is 29.9 Å². The quantitative estimate of drug-likeness (QED) is 0.663. The van der Waals surface area contributed by atoms with E-state index < -0.39 is 0 Å². The number of carbonyl (C=O) groups excluding carboxylic acids is 2. The molecule has 0 spiro atoms. The zero-order valence-corrected chi connectivity index (χ0v) is 13.2. The van der Waals surface area contributed by atoms with Crippen LogP contribution in [0.15, 0.2) is 24.3 Å². The van der Waals surface area contributed by atoms with Crippen LogP contribution in [0.5, 0.6) is 0 Å². The van der Waals surface area contributed by atoms with Crippen molar-refractivity contribution >= 4 is 11.8 Å². The van der Waals surface area contributed by atoms with Gasteiger partial charge in [0.25, 0.3) is 0 Å². The van der Waals surface area contributed by atoms with E-state index in [2.05, 4.69) is 19.2 Å². The van der Waals surface area contributed by atoms with Gasteiger partial charge in [0.15, 0.2) is 0 Å². The van der Waals surface area contributed by atoms with Crippen molar-refractivity contribution in [2.75, 3.05) is 0 Å². The van der Waals surface area contributed by atoms with E-state index in [1.54, 1.807) is 0 Å². The van der Waals surface area contributed by atoms with E-state index in [0.29, 0.717) is 6.42 Å². The average molecular weight is 287 g/mol. The number of carbonyl (C=O) groups is 2. The molecule has 1 heterocycles. The molecule has 2 rings (SSSR count). The third kappa shape index (κ3) is 3.34. The van der Waals surface area contributed by atoms with Gasteiger partial charge < -0.3 is 0 Å². The molecule has 1 aliphatic rings. The van der Waals surface area contributed by atoms with Crippen LogP contribution in [-0.2, 0) is 9.59 Å². The molecule has 1 aromatic carbocycles. The molecule has 0 aliphatic carbocycles. The second-order valence-electron chi connectivity index (χ2n) is 6.49. The summed E-state index contributed by atoms with van der Waals surface area (Å²) in [6, 6.07) is 8.01. The molecule has 0 bridgehead atoms. The normalized spacial score (nSPS) is 25.8. The molecular formula is C18H25NO2. The highest BCUT2D eigenvalue weighted by Gasteiger charge is 2.45. The van der Waals surface area contributed by atoms with Crippen molar-refractivity contribution < 1.29 is 9.59 Å². The number of piperidine rings is 1. The number of amides is 2. The third-order valence-electron chi connectivity index (χ3n) is 4.64. The summed E-state index contributed by atoms with van der Waals surface area (Å²) >= 11 is 0. The fourth-order valence-corrected chi connectivity index (χ4v) is 3.48. The Morgan fingerprint density at radius 2 is 1.95 bits per heavy atom. The second-order valence-corrected chi connectivity index (χ2v) is 6.49. The van der Waals surface area contributed by atoms with Crippen LogP contribution in [0.3, 0.4) is 0 Å². The number of nitrogens with one attached hydrogen (secondary N) is 1. The highest BCUT2D eigenvalue weighted by atomic mass is 16.2. The SMILES string of the molecule is CCCCCC1(C)CC(=O)NC(=O)C1c1ccccc1C.